The molecular weight excluding hydrogens is 246 g/mol. The minimum absolute atomic E-state index is 0.0339. The Balaban J connectivity index is 1.75. The zero-order valence-corrected chi connectivity index (χ0v) is 10.6. The molecule has 1 fully saturated rings. The molecule has 0 aromatic heterocycles. The first-order chi connectivity index (χ1) is 9.06. The van der Waals surface area contributed by atoms with Gasteiger partial charge in [-0.15, -0.1) is 0 Å². The van der Waals surface area contributed by atoms with Crippen LogP contribution in [0.1, 0.15) is 5.56 Å². The van der Waals surface area contributed by atoms with Crippen molar-refractivity contribution in [2.75, 3.05) is 26.2 Å². The molecule has 2 unspecified atom stereocenters. The number of nitrogen functional groups attached to an aromatic ring is 1. The summed E-state index contributed by atoms with van der Waals surface area (Å²) in [4.78, 5) is 1.96. The predicted octanol–water partition coefficient (Wildman–Crippen LogP) is -0.613. The number of nitrogens with two attached hydrogens (primary N) is 1. The second-order valence-corrected chi connectivity index (χ2v) is 4.68. The van der Waals surface area contributed by atoms with Gasteiger partial charge in [-0.3, -0.25) is 10.3 Å². The van der Waals surface area contributed by atoms with Crippen LogP contribution in [0.3, 0.4) is 0 Å². The lowest BCUT2D eigenvalue weighted by molar-refractivity contribution is 0.0572. The number of likely N-dealkylation sites (tertiary alicyclic amines) is 1. The molecule has 19 heavy (non-hydrogen) atoms. The fourth-order valence-electron chi connectivity index (χ4n) is 2.05. The third-order valence-corrected chi connectivity index (χ3v) is 3.18. The lowest BCUT2D eigenvalue weighted by Crippen LogP contribution is -2.27. The van der Waals surface area contributed by atoms with E-state index >= 15 is 0 Å². The van der Waals surface area contributed by atoms with E-state index in [0.717, 1.165) is 0 Å². The van der Waals surface area contributed by atoms with Crippen molar-refractivity contribution in [3.63, 3.8) is 0 Å². The molecule has 104 valence electrons. The number of hydrogen-bond donors (Lipinski definition) is 4. The number of nitrogens with zero attached hydrogens (tertiary/aromatic N) is 1. The van der Waals surface area contributed by atoms with E-state index in [9.17, 15) is 10.2 Å². The average molecular weight is 265 g/mol. The van der Waals surface area contributed by atoms with E-state index in [1.807, 2.05) is 4.90 Å². The molecule has 2 rings (SSSR count). The summed E-state index contributed by atoms with van der Waals surface area (Å²) in [7, 11) is 0. The summed E-state index contributed by atoms with van der Waals surface area (Å²) >= 11 is 0. The molecule has 0 bridgehead atoms. The number of aliphatic hydroxyl groups is 2. The number of benzene rings is 1. The van der Waals surface area contributed by atoms with Gasteiger partial charge in [-0.25, -0.2) is 0 Å². The van der Waals surface area contributed by atoms with Gasteiger partial charge in [0.05, 0.1) is 12.2 Å². The van der Waals surface area contributed by atoms with Crippen molar-refractivity contribution in [3.8, 4) is 5.75 Å². The van der Waals surface area contributed by atoms with Crippen LogP contribution in [0, 0.1) is 5.41 Å². The van der Waals surface area contributed by atoms with Crippen molar-refractivity contribution >= 4 is 5.84 Å². The number of rotatable bonds is 5. The summed E-state index contributed by atoms with van der Waals surface area (Å²) in [6, 6.07) is 7.01. The Kier molecular flexibility index (Phi) is 4.36. The van der Waals surface area contributed by atoms with Gasteiger partial charge in [0.1, 0.15) is 18.2 Å². The van der Waals surface area contributed by atoms with Crippen LogP contribution in [-0.2, 0) is 0 Å². The van der Waals surface area contributed by atoms with Crippen LogP contribution in [0.5, 0.6) is 5.75 Å². The maximum atomic E-state index is 9.40. The van der Waals surface area contributed by atoms with Gasteiger partial charge < -0.3 is 20.7 Å². The van der Waals surface area contributed by atoms with Crippen LogP contribution < -0.4 is 10.5 Å². The van der Waals surface area contributed by atoms with Crippen molar-refractivity contribution in [2.24, 2.45) is 5.73 Å². The van der Waals surface area contributed by atoms with E-state index in [1.54, 1.807) is 24.3 Å². The molecule has 0 spiro atoms. The van der Waals surface area contributed by atoms with Crippen LogP contribution in [0.4, 0.5) is 0 Å². The summed E-state index contributed by atoms with van der Waals surface area (Å²) in [5.74, 6) is 0.747. The van der Waals surface area contributed by atoms with Gasteiger partial charge in [0, 0.05) is 25.2 Å². The van der Waals surface area contributed by atoms with Gasteiger partial charge in [0.25, 0.3) is 0 Å². The van der Waals surface area contributed by atoms with Gasteiger partial charge in [-0.1, -0.05) is 0 Å². The lowest BCUT2D eigenvalue weighted by Gasteiger charge is -2.15. The molecule has 1 aromatic carbocycles. The quantitative estimate of drug-likeness (QED) is 0.420. The number of nitrogens with one attached hydrogen (secondary N) is 1. The third kappa shape index (κ3) is 3.66. The first kappa shape index (κ1) is 13.8. The van der Waals surface area contributed by atoms with Crippen molar-refractivity contribution in [2.45, 2.75) is 12.2 Å². The molecule has 6 nitrogen and oxygen atoms in total. The molecule has 2 atom stereocenters. The Labute approximate surface area is 111 Å². The fourth-order valence-corrected chi connectivity index (χ4v) is 2.05. The first-order valence-corrected chi connectivity index (χ1v) is 6.22. The molecule has 5 N–H and O–H groups in total. The van der Waals surface area contributed by atoms with Gasteiger partial charge in [0.2, 0.25) is 0 Å². The topological polar surface area (TPSA) is 103 Å². The highest BCUT2D eigenvalue weighted by Gasteiger charge is 2.28. The summed E-state index contributed by atoms with van der Waals surface area (Å²) < 4.78 is 5.56. The minimum atomic E-state index is -0.658. The van der Waals surface area contributed by atoms with Crippen LogP contribution in [0.2, 0.25) is 0 Å². The number of hydrogen-bond acceptors (Lipinski definition) is 5. The molecule has 1 aliphatic rings. The highest BCUT2D eigenvalue weighted by Crippen LogP contribution is 2.13. The lowest BCUT2D eigenvalue weighted by atomic mass is 10.2. The highest BCUT2D eigenvalue weighted by atomic mass is 16.5. The summed E-state index contributed by atoms with van der Waals surface area (Å²) in [5, 5.41) is 26.1. The normalized spacial score (nSPS) is 23.5. The SMILES string of the molecule is N=C(N)c1ccc(OCCN2CC(O)C(O)C2)cc1. The minimum Gasteiger partial charge on any atom is -0.492 e. The summed E-state index contributed by atoms with van der Waals surface area (Å²) in [6.07, 6.45) is -1.32. The van der Waals surface area contributed by atoms with Gasteiger partial charge in [-0.2, -0.15) is 0 Å². The zero-order chi connectivity index (χ0) is 13.8. The molecule has 1 aromatic rings. The summed E-state index contributed by atoms with van der Waals surface area (Å²) in [6.45, 7) is 2.10. The van der Waals surface area contributed by atoms with Crippen molar-refractivity contribution < 1.29 is 14.9 Å². The van der Waals surface area contributed by atoms with Crippen LogP contribution in [0.15, 0.2) is 24.3 Å². The van der Waals surface area contributed by atoms with E-state index in [0.29, 0.717) is 37.6 Å². The van der Waals surface area contributed by atoms with Crippen molar-refractivity contribution in [3.05, 3.63) is 29.8 Å². The van der Waals surface area contributed by atoms with Gasteiger partial charge >= 0.3 is 0 Å². The zero-order valence-electron chi connectivity index (χ0n) is 10.6. The molecular formula is C13H19N3O3. The Morgan fingerprint density at radius 2 is 1.84 bits per heavy atom. The molecule has 0 amide bonds. The van der Waals surface area contributed by atoms with Gasteiger partial charge in [0.15, 0.2) is 0 Å². The predicted molar refractivity (Wildman–Crippen MR) is 71.4 cm³/mol. The maximum Gasteiger partial charge on any atom is 0.122 e. The Morgan fingerprint density at radius 1 is 1.26 bits per heavy atom. The molecule has 1 heterocycles. The Hall–Kier alpha value is -1.63. The van der Waals surface area contributed by atoms with E-state index in [4.69, 9.17) is 15.9 Å². The van der Waals surface area contributed by atoms with E-state index < -0.39 is 12.2 Å². The first-order valence-electron chi connectivity index (χ1n) is 6.22. The second-order valence-electron chi connectivity index (χ2n) is 4.68. The Bertz CT molecular complexity index is 425. The van der Waals surface area contributed by atoms with E-state index in [2.05, 4.69) is 0 Å². The molecule has 0 saturated carbocycles. The smallest absolute Gasteiger partial charge is 0.122 e. The molecule has 0 radical (unpaired) electrons. The molecule has 6 heteroatoms. The van der Waals surface area contributed by atoms with Crippen LogP contribution >= 0.6 is 0 Å². The largest absolute Gasteiger partial charge is 0.492 e. The Morgan fingerprint density at radius 3 is 2.37 bits per heavy atom. The average Bonchev–Trinajstić information content (AvgIpc) is 2.69. The third-order valence-electron chi connectivity index (χ3n) is 3.18. The number of β-amino-alcohol motifs (C(OH)–C–C–N with tert-alkyl or cyclic N) is 2. The molecule has 1 aliphatic heterocycles. The number of aliphatic hydroxyl groups excluding tert-OH is 2. The molecule has 0 aliphatic carbocycles. The van der Waals surface area contributed by atoms with E-state index in [1.165, 1.54) is 0 Å². The molecule has 1 saturated heterocycles. The van der Waals surface area contributed by atoms with Crippen LogP contribution in [-0.4, -0.2) is 59.4 Å². The number of ether oxygens (including phenoxy) is 1. The highest BCUT2D eigenvalue weighted by molar-refractivity contribution is 5.94. The second kappa shape index (κ2) is 6.01. The fraction of sp³-hybridized carbons (Fsp3) is 0.462. The van der Waals surface area contributed by atoms with E-state index in [-0.39, 0.29) is 5.84 Å². The van der Waals surface area contributed by atoms with Gasteiger partial charge in [-0.05, 0) is 24.3 Å². The monoisotopic (exact) mass is 265 g/mol. The standard InChI is InChI=1S/C13H19N3O3/c14-13(15)9-1-3-10(4-2-9)19-6-5-16-7-11(17)12(18)8-16/h1-4,11-12,17-18H,5-8H2,(H3,14,15). The van der Waals surface area contributed by atoms with Crippen molar-refractivity contribution in [1.82, 2.24) is 4.90 Å². The summed E-state index contributed by atoms with van der Waals surface area (Å²) in [5.41, 5.74) is 6.03. The number of amidine groups is 1. The van der Waals surface area contributed by atoms with Crippen LogP contribution in [0.25, 0.3) is 0 Å². The van der Waals surface area contributed by atoms with Crippen molar-refractivity contribution in [1.29, 1.82) is 5.41 Å². The maximum absolute atomic E-state index is 9.40.